The zero-order chi connectivity index (χ0) is 18.4. The van der Waals surface area contributed by atoms with Crippen LogP contribution in [-0.4, -0.2) is 27.8 Å². The number of benzene rings is 1. The van der Waals surface area contributed by atoms with E-state index in [1.807, 2.05) is 0 Å². The lowest BCUT2D eigenvalue weighted by atomic mass is 9.76. The Balaban J connectivity index is 2.06. The Bertz CT molecular complexity index is 858. The van der Waals surface area contributed by atoms with Crippen LogP contribution in [0.3, 0.4) is 0 Å². The van der Waals surface area contributed by atoms with Gasteiger partial charge < -0.3 is 9.63 Å². The quantitative estimate of drug-likeness (QED) is 0.787. The molecule has 2 N–H and O–H groups in total. The number of hydrogen-bond donors (Lipinski definition) is 2. The fourth-order valence-electron chi connectivity index (χ4n) is 3.41. The van der Waals surface area contributed by atoms with Gasteiger partial charge >= 0.3 is 6.09 Å². The van der Waals surface area contributed by atoms with Crippen molar-refractivity contribution in [3.63, 3.8) is 0 Å². The largest absolute Gasteiger partial charge is 0.465 e. The molecule has 0 spiro atoms. The average Bonchev–Trinajstić information content (AvgIpc) is 2.98. The number of carbonyl (C=O) groups is 1. The summed E-state index contributed by atoms with van der Waals surface area (Å²) in [7, 11) is 0. The topological polar surface area (TPSA) is 86.5 Å². The Labute approximate surface area is 146 Å². The molecule has 2 atom stereocenters. The molecule has 6 nitrogen and oxygen atoms in total. The summed E-state index contributed by atoms with van der Waals surface area (Å²) in [4.78, 5) is 24.1. The molecule has 134 valence electrons. The minimum absolute atomic E-state index is 0.122. The van der Waals surface area contributed by atoms with Gasteiger partial charge in [0, 0.05) is 18.5 Å². The number of rotatable bonds is 2. The summed E-state index contributed by atoms with van der Waals surface area (Å²) in [5.41, 5.74) is -1.46. The van der Waals surface area contributed by atoms with Gasteiger partial charge in [-0.1, -0.05) is 11.6 Å². The minimum Gasteiger partial charge on any atom is -0.465 e. The first-order valence-corrected chi connectivity index (χ1v) is 7.94. The van der Waals surface area contributed by atoms with Crippen LogP contribution in [0, 0.1) is 11.6 Å². The summed E-state index contributed by atoms with van der Waals surface area (Å²) < 4.78 is 33.0. The summed E-state index contributed by atoms with van der Waals surface area (Å²) in [6, 6.07) is 3.37. The van der Waals surface area contributed by atoms with Crippen LogP contribution in [0.4, 0.5) is 13.6 Å². The Hall–Kier alpha value is -2.35. The van der Waals surface area contributed by atoms with Crippen molar-refractivity contribution in [2.24, 2.45) is 0 Å². The molecule has 1 aromatic heterocycles. The molecule has 1 amide bonds. The maximum atomic E-state index is 13.9. The van der Waals surface area contributed by atoms with E-state index in [9.17, 15) is 23.5 Å². The molecule has 0 aliphatic carbocycles. The van der Waals surface area contributed by atoms with Crippen molar-refractivity contribution in [2.45, 2.75) is 31.2 Å². The summed E-state index contributed by atoms with van der Waals surface area (Å²) in [6.45, 7) is 1.71. The van der Waals surface area contributed by atoms with Gasteiger partial charge in [-0.2, -0.15) is 5.16 Å². The average molecular weight is 373 g/mol. The fourth-order valence-corrected chi connectivity index (χ4v) is 3.52. The highest BCUT2D eigenvalue weighted by Gasteiger charge is 2.44. The molecule has 1 aliphatic heterocycles. The van der Waals surface area contributed by atoms with Gasteiger partial charge in [0.15, 0.2) is 0 Å². The van der Waals surface area contributed by atoms with Crippen molar-refractivity contribution < 1.29 is 23.2 Å². The standard InChI is InChI=1S/C16H15ClF2N2O4/c1-16(9-4-10(18)14(17)11(19)5-9)7-8(2-3-21(16)15(23)24)12-6-13(22)20-25-12/h4-6,8H,2-3,7H2,1H3,(H,20,22)(H,23,24)/t8-,16+/m0/s1. The third-order valence-corrected chi connectivity index (χ3v) is 5.08. The molecule has 0 radical (unpaired) electrons. The predicted octanol–water partition coefficient (Wildman–Crippen LogP) is 3.67. The maximum absolute atomic E-state index is 13.9. The maximum Gasteiger partial charge on any atom is 0.408 e. The van der Waals surface area contributed by atoms with Crippen LogP contribution in [0.15, 0.2) is 27.5 Å². The summed E-state index contributed by atoms with van der Waals surface area (Å²) >= 11 is 5.53. The lowest BCUT2D eigenvalue weighted by molar-refractivity contribution is 0.0436. The normalized spacial score (nSPS) is 23.7. The monoisotopic (exact) mass is 372 g/mol. The summed E-state index contributed by atoms with van der Waals surface area (Å²) in [5, 5.41) is 11.1. The molecule has 0 unspecified atom stereocenters. The van der Waals surface area contributed by atoms with E-state index >= 15 is 0 Å². The third-order valence-electron chi connectivity index (χ3n) is 4.72. The van der Waals surface area contributed by atoms with E-state index in [4.69, 9.17) is 16.1 Å². The van der Waals surface area contributed by atoms with Gasteiger partial charge in [-0.15, -0.1) is 0 Å². The molecule has 1 aliphatic rings. The van der Waals surface area contributed by atoms with E-state index in [0.29, 0.717) is 12.2 Å². The minimum atomic E-state index is -1.21. The van der Waals surface area contributed by atoms with E-state index in [0.717, 1.165) is 17.0 Å². The fraction of sp³-hybridized carbons (Fsp3) is 0.375. The van der Waals surface area contributed by atoms with Gasteiger partial charge in [0.25, 0.3) is 5.56 Å². The second-order valence-electron chi connectivity index (χ2n) is 6.27. The van der Waals surface area contributed by atoms with Crippen molar-refractivity contribution in [1.82, 2.24) is 10.1 Å². The highest BCUT2D eigenvalue weighted by atomic mass is 35.5. The van der Waals surface area contributed by atoms with E-state index in [-0.39, 0.29) is 24.4 Å². The van der Waals surface area contributed by atoms with E-state index in [1.165, 1.54) is 6.07 Å². The van der Waals surface area contributed by atoms with Crippen molar-refractivity contribution in [3.8, 4) is 0 Å². The van der Waals surface area contributed by atoms with Crippen LogP contribution in [0.5, 0.6) is 0 Å². The Kier molecular flexibility index (Phi) is 4.32. The number of nitrogens with zero attached hydrogens (tertiary/aromatic N) is 1. The van der Waals surface area contributed by atoms with Crippen molar-refractivity contribution >= 4 is 17.7 Å². The van der Waals surface area contributed by atoms with E-state index < -0.39 is 33.8 Å². The summed E-state index contributed by atoms with van der Waals surface area (Å²) in [6.07, 6.45) is -0.589. The number of nitrogens with one attached hydrogen (secondary N) is 1. The second-order valence-corrected chi connectivity index (χ2v) is 6.64. The number of hydrogen-bond acceptors (Lipinski definition) is 3. The van der Waals surface area contributed by atoms with Crippen LogP contribution in [-0.2, 0) is 5.54 Å². The SMILES string of the molecule is C[C@]1(c2cc(F)c(Cl)c(F)c2)C[C@@H](c2cc(=O)[nH]o2)CCN1C(=O)O. The molecular weight excluding hydrogens is 358 g/mol. The van der Waals surface area contributed by atoms with Crippen molar-refractivity contribution in [1.29, 1.82) is 0 Å². The number of H-pyrrole nitrogens is 1. The predicted molar refractivity (Wildman–Crippen MR) is 84.8 cm³/mol. The van der Waals surface area contributed by atoms with E-state index in [2.05, 4.69) is 5.16 Å². The van der Waals surface area contributed by atoms with E-state index in [1.54, 1.807) is 6.92 Å². The first-order chi connectivity index (χ1) is 11.7. The number of aromatic nitrogens is 1. The smallest absolute Gasteiger partial charge is 0.408 e. The third kappa shape index (κ3) is 3.02. The van der Waals surface area contributed by atoms with Gasteiger partial charge in [-0.05, 0) is 37.5 Å². The van der Waals surface area contributed by atoms with Gasteiger partial charge in [0.1, 0.15) is 22.4 Å². The molecule has 25 heavy (non-hydrogen) atoms. The first-order valence-electron chi connectivity index (χ1n) is 7.56. The highest BCUT2D eigenvalue weighted by Crippen LogP contribution is 2.44. The molecule has 0 saturated carbocycles. The van der Waals surface area contributed by atoms with Gasteiger partial charge in [-0.3, -0.25) is 9.69 Å². The number of halogens is 3. The number of aromatic amines is 1. The van der Waals surface area contributed by atoms with Crippen LogP contribution in [0.2, 0.25) is 5.02 Å². The first kappa shape index (κ1) is 17.5. The zero-order valence-corrected chi connectivity index (χ0v) is 13.9. The molecule has 1 aromatic carbocycles. The van der Waals surface area contributed by atoms with Crippen molar-refractivity contribution in [3.05, 3.63) is 56.5 Å². The molecule has 9 heteroatoms. The molecular formula is C16H15ClF2N2O4. The Morgan fingerprint density at radius 3 is 2.56 bits per heavy atom. The van der Waals surface area contributed by atoms with Crippen LogP contribution >= 0.6 is 11.6 Å². The van der Waals surface area contributed by atoms with Gasteiger partial charge in [0.05, 0.1) is 5.54 Å². The van der Waals surface area contributed by atoms with Crippen LogP contribution in [0.25, 0.3) is 0 Å². The lowest BCUT2D eigenvalue weighted by Crippen LogP contribution is -2.51. The number of amides is 1. The Morgan fingerprint density at radius 2 is 2.04 bits per heavy atom. The molecule has 2 heterocycles. The van der Waals surface area contributed by atoms with Gasteiger partial charge in [0.2, 0.25) is 0 Å². The second kappa shape index (κ2) is 6.18. The lowest BCUT2D eigenvalue weighted by Gasteiger charge is -2.46. The van der Waals surface area contributed by atoms with Crippen LogP contribution < -0.4 is 5.56 Å². The molecule has 3 rings (SSSR count). The van der Waals surface area contributed by atoms with Crippen molar-refractivity contribution in [2.75, 3.05) is 6.54 Å². The van der Waals surface area contributed by atoms with Gasteiger partial charge in [-0.25, -0.2) is 13.6 Å². The molecule has 1 fully saturated rings. The van der Waals surface area contributed by atoms with Crippen LogP contribution in [0.1, 0.15) is 37.0 Å². The molecule has 2 aromatic rings. The number of likely N-dealkylation sites (tertiary alicyclic amines) is 1. The number of piperidine rings is 1. The Morgan fingerprint density at radius 1 is 1.40 bits per heavy atom. The zero-order valence-electron chi connectivity index (χ0n) is 13.2. The summed E-state index contributed by atoms with van der Waals surface area (Å²) in [5.74, 6) is -1.81. The number of carboxylic acid groups (broad SMARTS) is 1. The molecule has 0 bridgehead atoms. The molecule has 1 saturated heterocycles. The highest BCUT2D eigenvalue weighted by molar-refractivity contribution is 6.30.